The van der Waals surface area contributed by atoms with E-state index in [-0.39, 0.29) is 4.75 Å². The van der Waals surface area contributed by atoms with Crippen LogP contribution in [0.1, 0.15) is 19.4 Å². The molecule has 1 rings (SSSR count). The van der Waals surface area contributed by atoms with Gasteiger partial charge >= 0.3 is 0 Å². The van der Waals surface area contributed by atoms with Crippen molar-refractivity contribution in [2.45, 2.75) is 23.5 Å². The number of nitrogens with zero attached hydrogens (tertiary/aromatic N) is 1. The van der Waals surface area contributed by atoms with Crippen LogP contribution in [0.3, 0.4) is 0 Å². The molecule has 0 aliphatic rings. The lowest BCUT2D eigenvalue weighted by Crippen LogP contribution is -2.16. The first-order valence-corrected chi connectivity index (χ1v) is 5.68. The van der Waals surface area contributed by atoms with Crippen LogP contribution in [-0.2, 0) is 0 Å². The second-order valence-electron chi connectivity index (χ2n) is 3.60. The van der Waals surface area contributed by atoms with Gasteiger partial charge in [0.2, 0.25) is 0 Å². The molecule has 0 saturated heterocycles. The standard InChI is InChI=1S/C11H12ClNS/c1-11(2,8-12)14-10-6-4-3-5-9(10)7-13/h3-6H,8H2,1-2H3. The summed E-state index contributed by atoms with van der Waals surface area (Å²) in [5.41, 5.74) is 0.718. The molecule has 0 unspecified atom stereocenters. The summed E-state index contributed by atoms with van der Waals surface area (Å²) in [5, 5.41) is 8.89. The van der Waals surface area contributed by atoms with Gasteiger partial charge in [-0.3, -0.25) is 0 Å². The van der Waals surface area contributed by atoms with E-state index >= 15 is 0 Å². The number of halogens is 1. The Bertz CT molecular complexity index is 355. The number of alkyl halides is 1. The van der Waals surface area contributed by atoms with Gasteiger partial charge in [-0.1, -0.05) is 12.1 Å². The third-order valence-electron chi connectivity index (χ3n) is 1.72. The number of rotatable bonds is 3. The Morgan fingerprint density at radius 1 is 1.43 bits per heavy atom. The molecule has 0 atom stereocenters. The summed E-state index contributed by atoms with van der Waals surface area (Å²) in [4.78, 5) is 1.00. The van der Waals surface area contributed by atoms with Crippen molar-refractivity contribution in [1.29, 1.82) is 5.26 Å². The maximum Gasteiger partial charge on any atom is 0.100 e. The van der Waals surface area contributed by atoms with Crippen LogP contribution in [0.15, 0.2) is 29.2 Å². The van der Waals surface area contributed by atoms with Gasteiger partial charge in [0.25, 0.3) is 0 Å². The number of benzene rings is 1. The molecule has 0 saturated carbocycles. The van der Waals surface area contributed by atoms with Crippen molar-refractivity contribution >= 4 is 23.4 Å². The van der Waals surface area contributed by atoms with Gasteiger partial charge in [-0.05, 0) is 26.0 Å². The first-order valence-electron chi connectivity index (χ1n) is 4.33. The van der Waals surface area contributed by atoms with E-state index in [4.69, 9.17) is 16.9 Å². The van der Waals surface area contributed by atoms with Crippen molar-refractivity contribution in [3.63, 3.8) is 0 Å². The van der Waals surface area contributed by atoms with Gasteiger partial charge in [-0.2, -0.15) is 5.26 Å². The van der Waals surface area contributed by atoms with E-state index in [0.29, 0.717) is 5.88 Å². The summed E-state index contributed by atoms with van der Waals surface area (Å²) in [5.74, 6) is 0.567. The average molecular weight is 226 g/mol. The highest BCUT2D eigenvalue weighted by Crippen LogP contribution is 2.34. The van der Waals surface area contributed by atoms with E-state index in [2.05, 4.69) is 19.9 Å². The van der Waals surface area contributed by atoms with Crippen LogP contribution >= 0.6 is 23.4 Å². The molecule has 0 radical (unpaired) electrons. The van der Waals surface area contributed by atoms with Gasteiger partial charge in [-0.25, -0.2) is 0 Å². The molecule has 1 nitrogen and oxygen atoms in total. The van der Waals surface area contributed by atoms with Gasteiger partial charge in [0, 0.05) is 15.5 Å². The second kappa shape index (κ2) is 4.72. The van der Waals surface area contributed by atoms with Crippen LogP contribution in [0, 0.1) is 11.3 Å². The SMILES string of the molecule is CC(C)(CCl)Sc1ccccc1C#N. The predicted molar refractivity (Wildman–Crippen MR) is 61.8 cm³/mol. The third kappa shape index (κ3) is 2.94. The molecule has 0 heterocycles. The highest BCUT2D eigenvalue weighted by atomic mass is 35.5. The zero-order chi connectivity index (χ0) is 10.6. The van der Waals surface area contributed by atoms with E-state index < -0.39 is 0 Å². The van der Waals surface area contributed by atoms with E-state index in [0.717, 1.165) is 10.5 Å². The Labute approximate surface area is 94.1 Å². The molecule has 1 aromatic rings. The summed E-state index contributed by atoms with van der Waals surface area (Å²) >= 11 is 7.48. The Morgan fingerprint density at radius 2 is 2.07 bits per heavy atom. The molecule has 0 fully saturated rings. The fraction of sp³-hybridized carbons (Fsp3) is 0.364. The van der Waals surface area contributed by atoms with Crippen LogP contribution in [0.2, 0.25) is 0 Å². The van der Waals surface area contributed by atoms with Crippen molar-refractivity contribution < 1.29 is 0 Å². The minimum Gasteiger partial charge on any atom is -0.192 e. The van der Waals surface area contributed by atoms with Crippen LogP contribution in [0.25, 0.3) is 0 Å². The molecular weight excluding hydrogens is 214 g/mol. The highest BCUT2D eigenvalue weighted by Gasteiger charge is 2.19. The minimum atomic E-state index is -0.0332. The maximum atomic E-state index is 8.89. The Balaban J connectivity index is 2.92. The minimum absolute atomic E-state index is 0.0332. The number of hydrogen-bond acceptors (Lipinski definition) is 2. The fourth-order valence-corrected chi connectivity index (χ4v) is 2.16. The lowest BCUT2D eigenvalue weighted by Gasteiger charge is -2.20. The molecule has 1 aromatic carbocycles. The van der Waals surface area contributed by atoms with Gasteiger partial charge in [-0.15, -0.1) is 23.4 Å². The van der Waals surface area contributed by atoms with Gasteiger partial charge in [0.05, 0.1) is 5.56 Å². The van der Waals surface area contributed by atoms with Gasteiger partial charge < -0.3 is 0 Å². The predicted octanol–water partition coefficient (Wildman–Crippen LogP) is 3.67. The lowest BCUT2D eigenvalue weighted by atomic mass is 10.2. The van der Waals surface area contributed by atoms with Crippen LogP contribution < -0.4 is 0 Å². The quantitative estimate of drug-likeness (QED) is 0.579. The van der Waals surface area contributed by atoms with Crippen LogP contribution in [0.4, 0.5) is 0 Å². The Morgan fingerprint density at radius 3 is 2.64 bits per heavy atom. The largest absolute Gasteiger partial charge is 0.192 e. The maximum absolute atomic E-state index is 8.89. The molecule has 3 heteroatoms. The van der Waals surface area contributed by atoms with E-state index in [9.17, 15) is 0 Å². The highest BCUT2D eigenvalue weighted by molar-refractivity contribution is 8.00. The Kier molecular flexibility index (Phi) is 3.86. The van der Waals surface area contributed by atoms with Gasteiger partial charge in [0.15, 0.2) is 0 Å². The topological polar surface area (TPSA) is 23.8 Å². The monoisotopic (exact) mass is 225 g/mol. The number of nitriles is 1. The number of thioether (sulfide) groups is 1. The normalized spacial score (nSPS) is 11.0. The molecule has 0 bridgehead atoms. The van der Waals surface area contributed by atoms with Crippen LogP contribution in [0.5, 0.6) is 0 Å². The zero-order valence-corrected chi connectivity index (χ0v) is 9.82. The second-order valence-corrected chi connectivity index (χ2v) is 5.62. The van der Waals surface area contributed by atoms with Crippen molar-refractivity contribution in [3.8, 4) is 6.07 Å². The summed E-state index contributed by atoms with van der Waals surface area (Å²) in [6.07, 6.45) is 0. The average Bonchev–Trinajstić information content (AvgIpc) is 2.18. The third-order valence-corrected chi connectivity index (χ3v) is 3.82. The molecule has 0 amide bonds. The molecular formula is C11H12ClNS. The fourth-order valence-electron chi connectivity index (χ4n) is 0.973. The summed E-state index contributed by atoms with van der Waals surface area (Å²) in [7, 11) is 0. The molecule has 0 aliphatic heterocycles. The molecule has 74 valence electrons. The van der Waals surface area contributed by atoms with Gasteiger partial charge in [0.1, 0.15) is 6.07 Å². The summed E-state index contributed by atoms with van der Waals surface area (Å²) in [6, 6.07) is 9.77. The molecule has 0 aliphatic carbocycles. The molecule has 14 heavy (non-hydrogen) atoms. The Hall–Kier alpha value is -0.650. The van der Waals surface area contributed by atoms with E-state index in [1.165, 1.54) is 0 Å². The van der Waals surface area contributed by atoms with Crippen molar-refractivity contribution in [1.82, 2.24) is 0 Å². The summed E-state index contributed by atoms with van der Waals surface area (Å²) < 4.78 is -0.0332. The first-order chi connectivity index (χ1) is 6.59. The number of hydrogen-bond donors (Lipinski definition) is 0. The smallest absolute Gasteiger partial charge is 0.100 e. The van der Waals surface area contributed by atoms with Crippen molar-refractivity contribution in [2.75, 3.05) is 5.88 Å². The van der Waals surface area contributed by atoms with E-state index in [1.54, 1.807) is 11.8 Å². The summed E-state index contributed by atoms with van der Waals surface area (Å²) in [6.45, 7) is 4.14. The van der Waals surface area contributed by atoms with Crippen molar-refractivity contribution in [3.05, 3.63) is 29.8 Å². The lowest BCUT2D eigenvalue weighted by molar-refractivity contribution is 0.811. The molecule has 0 aromatic heterocycles. The van der Waals surface area contributed by atoms with Crippen molar-refractivity contribution in [2.24, 2.45) is 0 Å². The molecule has 0 spiro atoms. The zero-order valence-electron chi connectivity index (χ0n) is 8.25. The molecule has 0 N–H and O–H groups in total. The first kappa shape index (κ1) is 11.4. The van der Waals surface area contributed by atoms with E-state index in [1.807, 2.05) is 24.3 Å². The van der Waals surface area contributed by atoms with Crippen LogP contribution in [-0.4, -0.2) is 10.6 Å².